The lowest BCUT2D eigenvalue weighted by molar-refractivity contribution is 0.101. The molecule has 2 amide bonds. The fraction of sp³-hybridized carbons (Fsp3) is 0.0968. The van der Waals surface area contributed by atoms with E-state index in [1.54, 1.807) is 65.6 Å². The van der Waals surface area contributed by atoms with Crippen molar-refractivity contribution >= 4 is 62.3 Å². The van der Waals surface area contributed by atoms with Crippen molar-refractivity contribution in [1.82, 2.24) is 4.98 Å². The van der Waals surface area contributed by atoms with Crippen molar-refractivity contribution in [2.45, 2.75) is 23.9 Å². The number of nitrogens with one attached hydrogen (secondary N) is 2. The number of carbonyl (C=O) groups is 3. The molecule has 2 N–H and O–H groups in total. The van der Waals surface area contributed by atoms with Gasteiger partial charge in [-0.3, -0.25) is 14.4 Å². The maximum absolute atomic E-state index is 12.6. The van der Waals surface area contributed by atoms with Crippen LogP contribution in [0.4, 0.5) is 11.4 Å². The largest absolute Gasteiger partial charge is 0.322 e. The number of aromatic nitrogens is 1. The van der Waals surface area contributed by atoms with Gasteiger partial charge in [-0.2, -0.15) is 0 Å². The Morgan fingerprint density at radius 3 is 2.15 bits per heavy atom. The van der Waals surface area contributed by atoms with Crippen molar-refractivity contribution in [3.8, 4) is 0 Å². The van der Waals surface area contributed by atoms with Gasteiger partial charge in [0.1, 0.15) is 0 Å². The van der Waals surface area contributed by atoms with E-state index in [4.69, 9.17) is 4.98 Å². The average Bonchev–Trinajstić information content (AvgIpc) is 3.35. The summed E-state index contributed by atoms with van der Waals surface area (Å²) in [6.07, 6.45) is 0. The van der Waals surface area contributed by atoms with Crippen LogP contribution in [0.1, 0.15) is 49.1 Å². The van der Waals surface area contributed by atoms with Crippen LogP contribution >= 0.6 is 23.1 Å². The number of rotatable bonds is 8. The molecule has 0 aliphatic carbocycles. The first-order valence-corrected chi connectivity index (χ1v) is 14.1. The number of carbonyl (C=O) groups excluding carboxylic acids is 3. The molecule has 0 spiro atoms. The molecule has 0 unspecified atom stereocenters. The van der Waals surface area contributed by atoms with Crippen LogP contribution in [-0.4, -0.2) is 22.6 Å². The van der Waals surface area contributed by atoms with Gasteiger partial charge in [0.2, 0.25) is 0 Å². The van der Waals surface area contributed by atoms with E-state index < -0.39 is 0 Å². The molecule has 0 fully saturated rings. The molecule has 0 aliphatic heterocycles. The Morgan fingerprint density at radius 1 is 0.769 bits per heavy atom. The van der Waals surface area contributed by atoms with Crippen molar-refractivity contribution in [1.29, 1.82) is 0 Å². The van der Waals surface area contributed by atoms with E-state index in [1.807, 2.05) is 55.5 Å². The van der Waals surface area contributed by atoms with E-state index in [-0.39, 0.29) is 17.6 Å². The smallest absolute Gasteiger partial charge is 0.255 e. The molecule has 0 saturated carbocycles. The first kappa shape index (κ1) is 26.3. The van der Waals surface area contributed by atoms with Crippen LogP contribution in [-0.2, 0) is 5.75 Å². The number of nitrogens with zero attached hydrogens (tertiary/aromatic N) is 1. The topological polar surface area (TPSA) is 88.2 Å². The van der Waals surface area contributed by atoms with Crippen molar-refractivity contribution in [2.24, 2.45) is 0 Å². The third-order valence-corrected chi connectivity index (χ3v) is 8.27. The van der Waals surface area contributed by atoms with E-state index in [9.17, 15) is 14.4 Å². The molecule has 8 heteroatoms. The molecule has 4 aromatic carbocycles. The highest BCUT2D eigenvalue weighted by Gasteiger charge is 2.11. The maximum atomic E-state index is 12.6. The Hall–Kier alpha value is -4.27. The number of amides is 2. The van der Waals surface area contributed by atoms with E-state index in [2.05, 4.69) is 10.6 Å². The van der Waals surface area contributed by atoms with Crippen molar-refractivity contribution < 1.29 is 14.4 Å². The summed E-state index contributed by atoms with van der Waals surface area (Å²) in [5.41, 5.74) is 6.16. The van der Waals surface area contributed by atoms with E-state index in [1.165, 1.54) is 6.92 Å². The summed E-state index contributed by atoms with van der Waals surface area (Å²) in [5, 5.41) is 5.82. The van der Waals surface area contributed by atoms with E-state index in [0.717, 1.165) is 31.4 Å². The van der Waals surface area contributed by atoms with Gasteiger partial charge in [-0.15, -0.1) is 11.3 Å². The third kappa shape index (κ3) is 6.60. The molecule has 0 aliphatic rings. The highest BCUT2D eigenvalue weighted by molar-refractivity contribution is 8.00. The Labute approximate surface area is 234 Å². The lowest BCUT2D eigenvalue weighted by Gasteiger charge is -2.07. The average molecular weight is 552 g/mol. The summed E-state index contributed by atoms with van der Waals surface area (Å²) >= 11 is 3.21. The highest BCUT2D eigenvalue weighted by atomic mass is 32.2. The predicted molar refractivity (Wildman–Crippen MR) is 159 cm³/mol. The van der Waals surface area contributed by atoms with Crippen LogP contribution < -0.4 is 10.6 Å². The molecule has 39 heavy (non-hydrogen) atoms. The fourth-order valence-electron chi connectivity index (χ4n) is 3.92. The highest BCUT2D eigenvalue weighted by Crippen LogP contribution is 2.33. The zero-order valence-corrected chi connectivity index (χ0v) is 23.0. The normalized spacial score (nSPS) is 10.8. The zero-order valence-electron chi connectivity index (χ0n) is 21.4. The van der Waals surface area contributed by atoms with Gasteiger partial charge < -0.3 is 10.6 Å². The van der Waals surface area contributed by atoms with Crippen LogP contribution in [0, 0.1) is 6.92 Å². The van der Waals surface area contributed by atoms with E-state index in [0.29, 0.717) is 28.1 Å². The molecule has 194 valence electrons. The number of hydrogen-bond donors (Lipinski definition) is 2. The molecule has 0 atom stereocenters. The molecule has 6 nitrogen and oxygen atoms in total. The quantitative estimate of drug-likeness (QED) is 0.153. The molecule has 0 saturated heterocycles. The van der Waals surface area contributed by atoms with Crippen molar-refractivity contribution in [2.75, 3.05) is 10.6 Å². The Bertz CT molecular complexity index is 1680. The molecular formula is C31H25N3O3S2. The summed E-state index contributed by atoms with van der Waals surface area (Å²) in [4.78, 5) is 41.3. The van der Waals surface area contributed by atoms with Crippen molar-refractivity contribution in [3.05, 3.63) is 119 Å². The fourth-order valence-corrected chi connectivity index (χ4v) is 5.99. The Kier molecular flexibility index (Phi) is 7.86. The summed E-state index contributed by atoms with van der Waals surface area (Å²) in [7, 11) is 0. The molecule has 5 rings (SSSR count). The second-order valence-corrected chi connectivity index (χ2v) is 11.3. The number of anilines is 2. The third-order valence-electron chi connectivity index (χ3n) is 6.03. The number of fused-ring (bicyclic) bond motifs is 1. The second kappa shape index (κ2) is 11.6. The van der Waals surface area contributed by atoms with Gasteiger partial charge >= 0.3 is 0 Å². The van der Waals surface area contributed by atoms with Gasteiger partial charge in [-0.1, -0.05) is 41.6 Å². The lowest BCUT2D eigenvalue weighted by Crippen LogP contribution is -2.11. The Morgan fingerprint density at radius 2 is 1.44 bits per heavy atom. The zero-order chi connectivity index (χ0) is 27.4. The Balaban J connectivity index is 1.18. The van der Waals surface area contributed by atoms with Gasteiger partial charge in [0.15, 0.2) is 10.1 Å². The first-order valence-electron chi connectivity index (χ1n) is 12.3. The van der Waals surface area contributed by atoms with Gasteiger partial charge in [0.05, 0.1) is 10.2 Å². The molecule has 0 radical (unpaired) electrons. The monoisotopic (exact) mass is 551 g/mol. The summed E-state index contributed by atoms with van der Waals surface area (Å²) in [6, 6.07) is 27.6. The van der Waals surface area contributed by atoms with Gasteiger partial charge in [-0.05, 0) is 86.1 Å². The number of aryl methyl sites for hydroxylation is 1. The first-order chi connectivity index (χ1) is 18.8. The molecule has 1 heterocycles. The standard InChI is InChI=1S/C31H25N3O3S2/c1-19-4-3-5-24(16-19)30(37)33-26-14-15-27-28(17-26)39-31(34-27)38-18-21-6-8-23(9-7-21)29(36)32-25-12-10-22(11-13-25)20(2)35/h3-17H,18H2,1-2H3,(H,32,36)(H,33,37). The minimum Gasteiger partial charge on any atom is -0.322 e. The minimum atomic E-state index is -0.207. The minimum absolute atomic E-state index is 0.0145. The summed E-state index contributed by atoms with van der Waals surface area (Å²) < 4.78 is 1.94. The van der Waals surface area contributed by atoms with Crippen LogP contribution in [0.2, 0.25) is 0 Å². The van der Waals surface area contributed by atoms with Crippen LogP contribution in [0.5, 0.6) is 0 Å². The van der Waals surface area contributed by atoms with Crippen LogP contribution in [0.15, 0.2) is 95.3 Å². The molecule has 0 bridgehead atoms. The number of benzene rings is 4. The summed E-state index contributed by atoms with van der Waals surface area (Å²) in [6.45, 7) is 3.47. The summed E-state index contributed by atoms with van der Waals surface area (Å²) in [5.74, 6) is 0.353. The SMILES string of the molecule is CC(=O)c1ccc(NC(=O)c2ccc(CSc3nc4ccc(NC(=O)c5cccc(C)c5)cc4s3)cc2)cc1. The number of ketones is 1. The molecule has 5 aromatic rings. The molecule has 1 aromatic heterocycles. The van der Waals surface area contributed by atoms with Gasteiger partial charge in [0.25, 0.3) is 11.8 Å². The number of hydrogen-bond acceptors (Lipinski definition) is 6. The second-order valence-electron chi connectivity index (χ2n) is 9.06. The van der Waals surface area contributed by atoms with E-state index >= 15 is 0 Å². The lowest BCUT2D eigenvalue weighted by atomic mass is 10.1. The van der Waals surface area contributed by atoms with Gasteiger partial charge in [-0.25, -0.2) is 4.98 Å². The van der Waals surface area contributed by atoms with Crippen LogP contribution in [0.25, 0.3) is 10.2 Å². The predicted octanol–water partition coefficient (Wildman–Crippen LogP) is 7.60. The van der Waals surface area contributed by atoms with Crippen LogP contribution in [0.3, 0.4) is 0 Å². The number of thiazole rings is 1. The van der Waals surface area contributed by atoms with Gasteiger partial charge in [0, 0.05) is 33.8 Å². The maximum Gasteiger partial charge on any atom is 0.255 e. The van der Waals surface area contributed by atoms with Crippen molar-refractivity contribution in [3.63, 3.8) is 0 Å². The number of thioether (sulfide) groups is 1. The molecular weight excluding hydrogens is 526 g/mol. The number of Topliss-reactive ketones (excluding diaryl/α,β-unsaturated/α-hetero) is 1.